The molecule has 0 aromatic rings. The molecule has 6 heavy (non-hydrogen) atoms. The minimum absolute atomic E-state index is 0. The molecule has 1 radical (unpaired) electrons. The van der Waals surface area contributed by atoms with Gasteiger partial charge in [0, 0.05) is 0 Å². The molecular weight excluding hydrogens is 157 g/mol. The van der Waals surface area contributed by atoms with Crippen molar-refractivity contribution in [1.82, 2.24) is 0 Å². The third-order valence-electron chi connectivity index (χ3n) is 0. The maximum absolute atomic E-state index is 10.1. The van der Waals surface area contributed by atoms with Crippen LogP contribution in [0.4, 0.5) is 4.20 Å². The topological polar surface area (TPSA) is 63.2 Å². The Morgan fingerprint density at radius 1 is 1.50 bits per heavy atom. The van der Waals surface area contributed by atoms with E-state index in [9.17, 15) is 4.20 Å². The Labute approximate surface area is 44.0 Å². The molecule has 0 amide bonds. The molecule has 0 saturated heterocycles. The summed E-state index contributed by atoms with van der Waals surface area (Å²) in [6, 6.07) is 0. The molecular formula is CoFO3P. The van der Waals surface area contributed by atoms with E-state index in [4.69, 9.17) is 14.4 Å². The van der Waals surface area contributed by atoms with Gasteiger partial charge in [-0.1, -0.05) is 0 Å². The van der Waals surface area contributed by atoms with Crippen molar-refractivity contribution in [3.8, 4) is 0 Å². The van der Waals surface area contributed by atoms with Gasteiger partial charge in [-0.15, -0.1) is 0 Å². The summed E-state index contributed by atoms with van der Waals surface area (Å²) in [5, 5.41) is 0. The first-order valence-corrected chi connectivity index (χ1v) is 2.15. The summed E-state index contributed by atoms with van der Waals surface area (Å²) in [7, 11) is -5.64. The van der Waals surface area contributed by atoms with E-state index in [0.29, 0.717) is 0 Å². The van der Waals surface area contributed by atoms with Gasteiger partial charge in [0.1, 0.15) is 7.91 Å². The molecule has 0 fully saturated rings. The first kappa shape index (κ1) is 9.77. The Morgan fingerprint density at radius 2 is 1.50 bits per heavy atom. The fourth-order valence-electron chi connectivity index (χ4n) is 0. The summed E-state index contributed by atoms with van der Waals surface area (Å²) in [6.07, 6.45) is 0. The van der Waals surface area contributed by atoms with Crippen LogP contribution in [-0.2, 0) is 21.3 Å². The van der Waals surface area contributed by atoms with E-state index in [-0.39, 0.29) is 16.8 Å². The zero-order chi connectivity index (χ0) is 4.50. The maximum atomic E-state index is 10.1. The number of rotatable bonds is 0. The average molecular weight is 157 g/mol. The number of hydrogen-bond acceptors (Lipinski definition) is 3. The van der Waals surface area contributed by atoms with Crippen molar-refractivity contribution in [1.29, 1.82) is 0 Å². The summed E-state index contributed by atoms with van der Waals surface area (Å²) in [5.41, 5.74) is 0. The molecule has 39 valence electrons. The first-order valence-electron chi connectivity index (χ1n) is 0.717. The molecule has 0 aromatic heterocycles. The van der Waals surface area contributed by atoms with Gasteiger partial charge >= 0.3 is 16.8 Å². The van der Waals surface area contributed by atoms with Gasteiger partial charge in [-0.2, -0.15) is 0 Å². The second-order valence-electron chi connectivity index (χ2n) is 0.431. The van der Waals surface area contributed by atoms with E-state index in [1.165, 1.54) is 0 Å². The van der Waals surface area contributed by atoms with E-state index in [0.717, 1.165) is 0 Å². The summed E-state index contributed by atoms with van der Waals surface area (Å²) < 4.78 is 18.6. The molecule has 0 aliphatic heterocycles. The van der Waals surface area contributed by atoms with E-state index in [1.807, 2.05) is 0 Å². The van der Waals surface area contributed by atoms with Gasteiger partial charge in [0.25, 0.3) is 0 Å². The predicted molar refractivity (Wildman–Crippen MR) is 8.71 cm³/mol. The normalized spacial score (nSPS) is 9.83. The SMILES string of the molecule is O=P([O-])([O-])F.[Co+2]. The molecule has 0 spiro atoms. The van der Waals surface area contributed by atoms with Crippen LogP contribution in [0.3, 0.4) is 0 Å². The van der Waals surface area contributed by atoms with Crippen LogP contribution in [0.25, 0.3) is 0 Å². The molecule has 0 heterocycles. The second-order valence-corrected chi connectivity index (χ2v) is 1.29. The molecule has 0 aromatic carbocycles. The van der Waals surface area contributed by atoms with Gasteiger partial charge in [0.2, 0.25) is 0 Å². The number of halogens is 1. The van der Waals surface area contributed by atoms with Crippen molar-refractivity contribution in [3.63, 3.8) is 0 Å². The van der Waals surface area contributed by atoms with E-state index < -0.39 is 7.91 Å². The average Bonchev–Trinajstić information content (AvgIpc) is 0.722. The van der Waals surface area contributed by atoms with Gasteiger partial charge in [0.15, 0.2) is 0 Å². The fourth-order valence-corrected chi connectivity index (χ4v) is 0. The van der Waals surface area contributed by atoms with Crippen molar-refractivity contribution in [2.24, 2.45) is 0 Å². The van der Waals surface area contributed by atoms with Crippen LogP contribution < -0.4 is 9.79 Å². The van der Waals surface area contributed by atoms with Crippen LogP contribution in [0.1, 0.15) is 0 Å². The Bertz CT molecular complexity index is 56.9. The molecule has 0 bridgehead atoms. The number of hydrogen-bond donors (Lipinski definition) is 0. The van der Waals surface area contributed by atoms with Crippen LogP contribution in [-0.4, -0.2) is 0 Å². The van der Waals surface area contributed by atoms with Crippen molar-refractivity contribution in [2.75, 3.05) is 0 Å². The molecule has 0 aliphatic rings. The summed E-state index contributed by atoms with van der Waals surface area (Å²) in [5.74, 6) is 0. The Morgan fingerprint density at radius 3 is 1.50 bits per heavy atom. The van der Waals surface area contributed by atoms with E-state index in [2.05, 4.69) is 0 Å². The van der Waals surface area contributed by atoms with Crippen molar-refractivity contribution >= 4 is 7.91 Å². The van der Waals surface area contributed by atoms with Crippen molar-refractivity contribution in [2.45, 2.75) is 0 Å². The molecule has 6 heteroatoms. The van der Waals surface area contributed by atoms with E-state index >= 15 is 0 Å². The second kappa shape index (κ2) is 2.71. The zero-order valence-electron chi connectivity index (χ0n) is 2.38. The molecule has 3 nitrogen and oxygen atoms in total. The summed E-state index contributed by atoms with van der Waals surface area (Å²) in [6.45, 7) is 0. The zero-order valence-corrected chi connectivity index (χ0v) is 4.32. The standard InChI is InChI=1S/Co.FH2O3P/c;1-5(2,3)4/h;(H2,2,3,4)/q+2;/p-2. The summed E-state index contributed by atoms with van der Waals surface area (Å²) in [4.78, 5) is 16.9. The van der Waals surface area contributed by atoms with Crippen LogP contribution in [0.15, 0.2) is 0 Å². The van der Waals surface area contributed by atoms with Crippen LogP contribution >= 0.6 is 7.91 Å². The fraction of sp³-hybridized carbons (Fsp3) is 0. The molecule has 0 N–H and O–H groups in total. The predicted octanol–water partition coefficient (Wildman–Crippen LogP) is -1.22. The van der Waals surface area contributed by atoms with Gasteiger partial charge in [-0.25, -0.2) is 4.20 Å². The third kappa shape index (κ3) is 172. The quantitative estimate of drug-likeness (QED) is 0.414. The van der Waals surface area contributed by atoms with Gasteiger partial charge < -0.3 is 14.4 Å². The smallest absolute Gasteiger partial charge is 0.786 e. The molecule has 0 saturated carbocycles. The summed E-state index contributed by atoms with van der Waals surface area (Å²) >= 11 is 0. The van der Waals surface area contributed by atoms with Gasteiger partial charge in [-0.3, -0.25) is 0 Å². The van der Waals surface area contributed by atoms with Crippen LogP contribution in [0.2, 0.25) is 0 Å². The maximum Gasteiger partial charge on any atom is 2.00 e. The van der Waals surface area contributed by atoms with Gasteiger partial charge in [-0.05, 0) is 0 Å². The van der Waals surface area contributed by atoms with Gasteiger partial charge in [0.05, 0.1) is 0 Å². The minimum Gasteiger partial charge on any atom is -0.786 e. The third-order valence-corrected chi connectivity index (χ3v) is 0. The van der Waals surface area contributed by atoms with E-state index in [1.54, 1.807) is 0 Å². The van der Waals surface area contributed by atoms with Crippen molar-refractivity contribution in [3.05, 3.63) is 0 Å². The Balaban J connectivity index is 0. The van der Waals surface area contributed by atoms with Crippen LogP contribution in [0, 0.1) is 0 Å². The first-order chi connectivity index (χ1) is 2.00. The Hall–Kier alpha value is 0.586. The minimum atomic E-state index is -5.64. The van der Waals surface area contributed by atoms with Crippen LogP contribution in [0.5, 0.6) is 0 Å². The molecule has 0 unspecified atom stereocenters. The van der Waals surface area contributed by atoms with Crippen molar-refractivity contribution < 1.29 is 35.3 Å². The molecule has 0 atom stereocenters. The molecule has 0 aliphatic carbocycles. The molecule has 0 rings (SSSR count). The largest absolute Gasteiger partial charge is 2.00 e. The Kier molecular flexibility index (Phi) is 4.41. The monoisotopic (exact) mass is 157 g/mol.